The lowest BCUT2D eigenvalue weighted by molar-refractivity contribution is -0.177. The minimum absolute atomic E-state index is 0.102. The highest BCUT2D eigenvalue weighted by molar-refractivity contribution is 5.88. The van der Waals surface area contributed by atoms with Crippen molar-refractivity contribution in [3.8, 4) is 11.5 Å². The van der Waals surface area contributed by atoms with E-state index in [-0.39, 0.29) is 37.5 Å². The second-order valence-electron chi connectivity index (χ2n) is 12.8. The Kier molecular flexibility index (Phi) is 10.2. The van der Waals surface area contributed by atoms with E-state index in [1.165, 1.54) is 0 Å². The Bertz CT molecular complexity index is 1190. The maximum atomic E-state index is 14.1. The van der Waals surface area contributed by atoms with Crippen LogP contribution in [0.1, 0.15) is 75.8 Å². The molecule has 43 heavy (non-hydrogen) atoms. The zero-order valence-corrected chi connectivity index (χ0v) is 26.1. The highest BCUT2D eigenvalue weighted by Gasteiger charge is 2.51. The van der Waals surface area contributed by atoms with Crippen LogP contribution >= 0.6 is 0 Å². The quantitative estimate of drug-likeness (QED) is 0.258. The number of aliphatic hydroxyl groups is 1. The summed E-state index contributed by atoms with van der Waals surface area (Å²) < 4.78 is 28.8. The summed E-state index contributed by atoms with van der Waals surface area (Å²) in [4.78, 5) is 29.5. The van der Waals surface area contributed by atoms with Gasteiger partial charge in [-0.25, -0.2) is 4.79 Å². The number of carbonyl (C=O) groups excluding carboxylic acids is 2. The average molecular weight is 601 g/mol. The van der Waals surface area contributed by atoms with Gasteiger partial charge in [-0.3, -0.25) is 9.69 Å². The van der Waals surface area contributed by atoms with Crippen molar-refractivity contribution >= 4 is 11.9 Å². The van der Waals surface area contributed by atoms with Crippen molar-refractivity contribution in [2.45, 2.75) is 88.9 Å². The summed E-state index contributed by atoms with van der Waals surface area (Å²) in [5.74, 6) is 1.23. The molecule has 3 aliphatic heterocycles. The normalized spacial score (nSPS) is 25.6. The lowest BCUT2D eigenvalue weighted by Crippen LogP contribution is -2.55. The Morgan fingerprint density at radius 2 is 1.95 bits per heavy atom. The monoisotopic (exact) mass is 600 g/mol. The predicted octanol–water partition coefficient (Wildman–Crippen LogP) is 3.69. The molecule has 1 saturated heterocycles. The molecule has 0 spiro atoms. The van der Waals surface area contributed by atoms with Crippen LogP contribution in [-0.4, -0.2) is 86.9 Å². The van der Waals surface area contributed by atoms with E-state index in [0.717, 1.165) is 55.6 Å². The molecule has 1 aromatic carbocycles. The van der Waals surface area contributed by atoms with Gasteiger partial charge in [-0.2, -0.15) is 0 Å². The summed E-state index contributed by atoms with van der Waals surface area (Å²) in [6, 6.07) is 4.20. The second-order valence-corrected chi connectivity index (χ2v) is 12.8. The number of nitrogens with zero attached hydrogens (tertiary/aromatic N) is 1. The molecule has 10 heteroatoms. The van der Waals surface area contributed by atoms with Gasteiger partial charge in [-0.05, 0) is 86.2 Å². The van der Waals surface area contributed by atoms with Crippen LogP contribution in [0.25, 0.3) is 0 Å². The van der Waals surface area contributed by atoms with Crippen molar-refractivity contribution in [3.05, 3.63) is 35.1 Å². The number of piperidine rings is 1. The van der Waals surface area contributed by atoms with E-state index in [1.54, 1.807) is 14.2 Å². The van der Waals surface area contributed by atoms with Crippen LogP contribution in [-0.2, 0) is 30.2 Å². The Labute approximate surface area is 255 Å². The maximum Gasteiger partial charge on any atom is 0.339 e. The molecule has 5 atom stereocenters. The summed E-state index contributed by atoms with van der Waals surface area (Å²) in [7, 11) is 3.21. The molecule has 1 fully saturated rings. The lowest BCUT2D eigenvalue weighted by atomic mass is 9.71. The van der Waals surface area contributed by atoms with Crippen LogP contribution in [0.15, 0.2) is 24.0 Å². The van der Waals surface area contributed by atoms with E-state index in [2.05, 4.69) is 36.2 Å². The first kappa shape index (κ1) is 31.6. The van der Waals surface area contributed by atoms with E-state index < -0.39 is 23.6 Å². The first-order chi connectivity index (χ1) is 20.7. The number of esters is 1. The minimum atomic E-state index is -1.97. The lowest BCUT2D eigenvalue weighted by Gasteiger charge is -2.48. The highest BCUT2D eigenvalue weighted by Crippen LogP contribution is 2.49. The molecule has 10 nitrogen and oxygen atoms in total. The average Bonchev–Trinajstić information content (AvgIpc) is 3.38. The molecule has 3 heterocycles. The largest absolute Gasteiger partial charge is 0.497 e. The van der Waals surface area contributed by atoms with Gasteiger partial charge in [0.05, 0.1) is 13.5 Å². The zero-order valence-electron chi connectivity index (χ0n) is 26.1. The van der Waals surface area contributed by atoms with E-state index >= 15 is 0 Å². The standard InChI is InChI=1S/C33H48N2O8/c1-21(2)8-5-11-33(38,19-28(36)34-12-7-15-39-3)32(37)43-31-27(40-4)17-23-9-6-13-35-14-10-22-16-25-26(42-20-41-25)18-24(22)29(31)30(23)35/h16-18,21,23,29-31,38H,5-15,19-20H2,1-4H3,(H,34,36). The molecular weight excluding hydrogens is 552 g/mol. The number of amides is 1. The summed E-state index contributed by atoms with van der Waals surface area (Å²) in [5, 5.41) is 14.6. The first-order valence-corrected chi connectivity index (χ1v) is 15.9. The van der Waals surface area contributed by atoms with Gasteiger partial charge in [-0.1, -0.05) is 20.3 Å². The van der Waals surface area contributed by atoms with Crippen LogP contribution in [0, 0.1) is 11.8 Å². The van der Waals surface area contributed by atoms with Crippen molar-refractivity contribution in [1.29, 1.82) is 0 Å². The molecular formula is C33H48N2O8. The predicted molar refractivity (Wildman–Crippen MR) is 160 cm³/mol. The molecule has 1 aromatic rings. The van der Waals surface area contributed by atoms with E-state index in [1.807, 2.05) is 6.07 Å². The topological polar surface area (TPSA) is 116 Å². The van der Waals surface area contributed by atoms with Gasteiger partial charge >= 0.3 is 5.97 Å². The van der Waals surface area contributed by atoms with Crippen molar-refractivity contribution in [3.63, 3.8) is 0 Å². The molecule has 1 aliphatic carbocycles. The number of hydrogen-bond donors (Lipinski definition) is 2. The number of carbonyl (C=O) groups is 2. The number of ether oxygens (including phenoxy) is 5. The summed E-state index contributed by atoms with van der Waals surface area (Å²) in [6.07, 6.45) is 6.11. The number of hydrogen-bond acceptors (Lipinski definition) is 9. The SMILES string of the molecule is COCCCNC(=O)CC(O)(CCCC(C)C)C(=O)OC1C(OC)=CC2CCCN3CCc4cc5c(cc4C1C23)OCO5. The fourth-order valence-corrected chi connectivity index (χ4v) is 7.23. The molecule has 5 rings (SSSR count). The number of rotatable bonds is 13. The molecule has 5 unspecified atom stereocenters. The number of fused-ring (bicyclic) bond motifs is 3. The third-order valence-corrected chi connectivity index (χ3v) is 9.38. The fourth-order valence-electron chi connectivity index (χ4n) is 7.23. The van der Waals surface area contributed by atoms with E-state index in [9.17, 15) is 14.7 Å². The smallest absolute Gasteiger partial charge is 0.339 e. The summed E-state index contributed by atoms with van der Waals surface area (Å²) in [6.45, 7) is 7.15. The van der Waals surface area contributed by atoms with E-state index in [4.69, 9.17) is 23.7 Å². The van der Waals surface area contributed by atoms with E-state index in [0.29, 0.717) is 43.4 Å². The van der Waals surface area contributed by atoms with Gasteiger partial charge in [0, 0.05) is 38.8 Å². The summed E-state index contributed by atoms with van der Waals surface area (Å²) in [5.41, 5.74) is 0.233. The fraction of sp³-hybridized carbons (Fsp3) is 0.697. The van der Waals surface area contributed by atoms with Gasteiger partial charge in [0.15, 0.2) is 23.2 Å². The maximum absolute atomic E-state index is 14.1. The summed E-state index contributed by atoms with van der Waals surface area (Å²) >= 11 is 0. The minimum Gasteiger partial charge on any atom is -0.497 e. The number of benzene rings is 1. The van der Waals surface area contributed by atoms with Crippen LogP contribution < -0.4 is 14.8 Å². The molecule has 4 aliphatic rings. The Hall–Kier alpha value is -2.82. The molecule has 0 saturated carbocycles. The number of nitrogens with one attached hydrogen (secondary N) is 1. The molecule has 0 radical (unpaired) electrons. The first-order valence-electron chi connectivity index (χ1n) is 15.9. The van der Waals surface area contributed by atoms with Crippen molar-refractivity contribution < 1.29 is 38.4 Å². The van der Waals surface area contributed by atoms with Crippen LogP contribution in [0.3, 0.4) is 0 Å². The third kappa shape index (κ3) is 6.97. The van der Waals surface area contributed by atoms with Crippen LogP contribution in [0.2, 0.25) is 0 Å². The molecule has 0 bridgehead atoms. The van der Waals surface area contributed by atoms with Gasteiger partial charge in [0.1, 0.15) is 5.76 Å². The highest BCUT2D eigenvalue weighted by atomic mass is 16.7. The molecule has 1 amide bonds. The third-order valence-electron chi connectivity index (χ3n) is 9.38. The molecule has 2 N–H and O–H groups in total. The van der Waals surface area contributed by atoms with Crippen LogP contribution in [0.4, 0.5) is 0 Å². The van der Waals surface area contributed by atoms with Crippen LogP contribution in [0.5, 0.6) is 11.5 Å². The van der Waals surface area contributed by atoms with Gasteiger partial charge in [0.2, 0.25) is 12.7 Å². The van der Waals surface area contributed by atoms with Crippen molar-refractivity contribution in [2.24, 2.45) is 11.8 Å². The molecule has 0 aromatic heterocycles. The van der Waals surface area contributed by atoms with Gasteiger partial charge < -0.3 is 34.1 Å². The zero-order chi connectivity index (χ0) is 30.6. The Morgan fingerprint density at radius 1 is 1.16 bits per heavy atom. The van der Waals surface area contributed by atoms with Gasteiger partial charge in [0.25, 0.3) is 0 Å². The Morgan fingerprint density at radius 3 is 2.70 bits per heavy atom. The van der Waals surface area contributed by atoms with Crippen molar-refractivity contribution in [2.75, 3.05) is 47.3 Å². The Balaban J connectivity index is 1.46. The second kappa shape index (κ2) is 13.9. The van der Waals surface area contributed by atoms with Gasteiger partial charge in [-0.15, -0.1) is 0 Å². The van der Waals surface area contributed by atoms with Crippen molar-refractivity contribution in [1.82, 2.24) is 10.2 Å². The molecule has 238 valence electrons. The number of methoxy groups -OCH3 is 2.